The Hall–Kier alpha value is -2.78. The number of benzene rings is 1. The molecule has 9 heteroatoms. The second-order valence-corrected chi connectivity index (χ2v) is 9.01. The molecular weight excluding hydrogens is 424 g/mol. The zero-order valence-electron chi connectivity index (χ0n) is 17.0. The molecule has 0 aliphatic carbocycles. The lowest BCUT2D eigenvalue weighted by Crippen LogP contribution is -2.16. The maximum atomic E-state index is 12.6. The molecule has 30 heavy (non-hydrogen) atoms. The maximum absolute atomic E-state index is 12.6. The fraction of sp³-hybridized carbons (Fsp3) is 0.286. The van der Waals surface area contributed by atoms with E-state index in [9.17, 15) is 9.59 Å². The van der Waals surface area contributed by atoms with Crippen LogP contribution in [0.1, 0.15) is 26.4 Å². The smallest absolute Gasteiger partial charge is 0.341 e. The number of carbonyl (C=O) groups is 2. The summed E-state index contributed by atoms with van der Waals surface area (Å²) in [4.78, 5) is 30.3. The van der Waals surface area contributed by atoms with E-state index in [0.717, 1.165) is 31.9 Å². The summed E-state index contributed by atoms with van der Waals surface area (Å²) in [5, 5.41) is 5.08. The highest BCUT2D eigenvalue weighted by molar-refractivity contribution is 8.00. The molecule has 156 valence electrons. The largest absolute Gasteiger partial charge is 0.465 e. The molecule has 0 bridgehead atoms. The van der Waals surface area contributed by atoms with Gasteiger partial charge in [0.1, 0.15) is 10.0 Å². The second-order valence-electron chi connectivity index (χ2n) is 6.82. The standard InChI is InChI=1S/C21H20N2O5S2/c1-10-5-13-6-15-16(28-9-27-15)7-14(13)22-19(10)29-8-17(24)23-20-18(21(25)26-4)11(2)12(3)30-20/h5-7H,8-9H2,1-4H3,(H,23,24). The fourth-order valence-electron chi connectivity index (χ4n) is 3.16. The monoisotopic (exact) mass is 444 g/mol. The van der Waals surface area contributed by atoms with E-state index in [1.165, 1.54) is 30.2 Å². The summed E-state index contributed by atoms with van der Waals surface area (Å²) in [6, 6.07) is 5.78. The third kappa shape index (κ3) is 3.82. The van der Waals surface area contributed by atoms with Crippen molar-refractivity contribution in [2.45, 2.75) is 25.8 Å². The van der Waals surface area contributed by atoms with E-state index in [2.05, 4.69) is 10.3 Å². The number of aromatic nitrogens is 1. The van der Waals surface area contributed by atoms with Gasteiger partial charge in [-0.2, -0.15) is 0 Å². The Morgan fingerprint density at radius 3 is 2.67 bits per heavy atom. The van der Waals surface area contributed by atoms with Crippen LogP contribution in [0.15, 0.2) is 23.2 Å². The minimum atomic E-state index is -0.453. The van der Waals surface area contributed by atoms with Gasteiger partial charge in [-0.3, -0.25) is 4.79 Å². The SMILES string of the molecule is COC(=O)c1c(NC(=O)CSc2nc3cc4c(cc3cc2C)OCO4)sc(C)c1C. The van der Waals surface area contributed by atoms with Crippen molar-refractivity contribution in [2.75, 3.05) is 25.0 Å². The fourth-order valence-corrected chi connectivity index (χ4v) is 5.01. The second kappa shape index (κ2) is 8.16. The van der Waals surface area contributed by atoms with Gasteiger partial charge in [-0.05, 0) is 44.0 Å². The number of thioether (sulfide) groups is 1. The van der Waals surface area contributed by atoms with Crippen LogP contribution in [0.2, 0.25) is 0 Å². The number of thiophene rings is 1. The molecule has 0 atom stereocenters. The van der Waals surface area contributed by atoms with Crippen LogP contribution < -0.4 is 14.8 Å². The number of hydrogen-bond donors (Lipinski definition) is 1. The summed E-state index contributed by atoms with van der Waals surface area (Å²) in [5.41, 5.74) is 2.98. The molecule has 2 aromatic heterocycles. The van der Waals surface area contributed by atoms with E-state index in [1.807, 2.05) is 39.0 Å². The average Bonchev–Trinajstić information content (AvgIpc) is 3.27. The molecule has 0 spiro atoms. The maximum Gasteiger partial charge on any atom is 0.341 e. The normalized spacial score (nSPS) is 12.3. The van der Waals surface area contributed by atoms with E-state index in [-0.39, 0.29) is 18.5 Å². The van der Waals surface area contributed by atoms with Crippen LogP contribution in [0.3, 0.4) is 0 Å². The van der Waals surface area contributed by atoms with Crippen molar-refractivity contribution in [2.24, 2.45) is 0 Å². The van der Waals surface area contributed by atoms with Crippen LogP contribution >= 0.6 is 23.1 Å². The first-order valence-corrected chi connectivity index (χ1v) is 11.0. The van der Waals surface area contributed by atoms with Crippen molar-refractivity contribution in [1.29, 1.82) is 0 Å². The van der Waals surface area contributed by atoms with Crippen molar-refractivity contribution in [3.63, 3.8) is 0 Å². The number of pyridine rings is 1. The van der Waals surface area contributed by atoms with Gasteiger partial charge in [0, 0.05) is 16.3 Å². The molecule has 7 nitrogen and oxygen atoms in total. The third-order valence-electron chi connectivity index (χ3n) is 4.82. The molecule has 4 rings (SSSR count). The number of hydrogen-bond acceptors (Lipinski definition) is 8. The topological polar surface area (TPSA) is 86.8 Å². The third-order valence-corrected chi connectivity index (χ3v) is 7.04. The number of nitrogens with zero attached hydrogens (tertiary/aromatic N) is 1. The Bertz CT molecular complexity index is 1170. The molecular formula is C21H20N2O5S2. The molecule has 1 aliphatic rings. The number of fused-ring (bicyclic) bond motifs is 2. The van der Waals surface area contributed by atoms with Crippen LogP contribution in [0.4, 0.5) is 5.00 Å². The average molecular weight is 445 g/mol. The molecule has 0 fully saturated rings. The van der Waals surface area contributed by atoms with Crippen molar-refractivity contribution in [1.82, 2.24) is 4.98 Å². The number of amides is 1. The van der Waals surface area contributed by atoms with E-state index in [1.54, 1.807) is 0 Å². The first-order chi connectivity index (χ1) is 14.4. The zero-order chi connectivity index (χ0) is 21.4. The van der Waals surface area contributed by atoms with Crippen LogP contribution in [-0.2, 0) is 9.53 Å². The summed E-state index contributed by atoms with van der Waals surface area (Å²) in [5.74, 6) is 0.891. The summed E-state index contributed by atoms with van der Waals surface area (Å²) < 4.78 is 15.7. The number of rotatable bonds is 5. The van der Waals surface area contributed by atoms with Gasteiger partial charge < -0.3 is 19.5 Å². The zero-order valence-corrected chi connectivity index (χ0v) is 18.6. The van der Waals surface area contributed by atoms with E-state index < -0.39 is 5.97 Å². The Labute approximate surface area is 181 Å². The number of esters is 1. The Morgan fingerprint density at radius 2 is 1.93 bits per heavy atom. The lowest BCUT2D eigenvalue weighted by molar-refractivity contribution is -0.113. The lowest BCUT2D eigenvalue weighted by atomic mass is 10.1. The quantitative estimate of drug-likeness (QED) is 0.459. The van der Waals surface area contributed by atoms with Crippen molar-refractivity contribution >= 4 is 50.9 Å². The predicted molar refractivity (Wildman–Crippen MR) is 117 cm³/mol. The molecule has 0 unspecified atom stereocenters. The number of anilines is 1. The number of aryl methyl sites for hydroxylation is 2. The first kappa shape index (κ1) is 20.5. The molecule has 1 amide bonds. The van der Waals surface area contributed by atoms with Gasteiger partial charge in [0.2, 0.25) is 12.7 Å². The van der Waals surface area contributed by atoms with Crippen LogP contribution in [0.25, 0.3) is 10.9 Å². The Morgan fingerprint density at radius 1 is 1.20 bits per heavy atom. The van der Waals surface area contributed by atoms with Crippen LogP contribution in [0, 0.1) is 20.8 Å². The Kier molecular flexibility index (Phi) is 5.57. The minimum Gasteiger partial charge on any atom is -0.465 e. The number of ether oxygens (including phenoxy) is 3. The van der Waals surface area contributed by atoms with E-state index in [0.29, 0.717) is 22.1 Å². The van der Waals surface area contributed by atoms with Crippen LogP contribution in [-0.4, -0.2) is 36.5 Å². The van der Waals surface area contributed by atoms with Gasteiger partial charge in [0.15, 0.2) is 11.5 Å². The molecule has 3 heterocycles. The molecule has 3 aromatic rings. The molecule has 0 saturated carbocycles. The highest BCUT2D eigenvalue weighted by atomic mass is 32.2. The van der Waals surface area contributed by atoms with Gasteiger partial charge >= 0.3 is 5.97 Å². The van der Waals surface area contributed by atoms with Gasteiger partial charge in [-0.25, -0.2) is 9.78 Å². The minimum absolute atomic E-state index is 0.167. The predicted octanol–water partition coefficient (Wildman–Crippen LogP) is 4.47. The Balaban J connectivity index is 1.50. The molecule has 1 N–H and O–H groups in total. The summed E-state index contributed by atoms with van der Waals surface area (Å²) in [7, 11) is 1.33. The summed E-state index contributed by atoms with van der Waals surface area (Å²) >= 11 is 2.71. The summed E-state index contributed by atoms with van der Waals surface area (Å²) in [6.45, 7) is 5.92. The van der Waals surface area contributed by atoms with Gasteiger partial charge in [0.25, 0.3) is 0 Å². The van der Waals surface area contributed by atoms with Crippen molar-refractivity contribution < 1.29 is 23.8 Å². The molecule has 0 radical (unpaired) electrons. The van der Waals surface area contributed by atoms with E-state index in [4.69, 9.17) is 14.2 Å². The number of nitrogens with one attached hydrogen (secondary N) is 1. The highest BCUT2D eigenvalue weighted by Crippen LogP contribution is 2.37. The number of carbonyl (C=O) groups excluding carboxylic acids is 2. The summed E-state index contributed by atoms with van der Waals surface area (Å²) in [6.07, 6.45) is 0. The van der Waals surface area contributed by atoms with Gasteiger partial charge in [0.05, 0.1) is 23.9 Å². The molecule has 1 aliphatic heterocycles. The van der Waals surface area contributed by atoms with Crippen LogP contribution in [0.5, 0.6) is 11.5 Å². The van der Waals surface area contributed by atoms with Crippen molar-refractivity contribution in [3.8, 4) is 11.5 Å². The molecule has 0 saturated heterocycles. The first-order valence-electron chi connectivity index (χ1n) is 9.19. The van der Waals surface area contributed by atoms with Crippen molar-refractivity contribution in [3.05, 3.63) is 39.8 Å². The van der Waals surface area contributed by atoms with E-state index >= 15 is 0 Å². The van der Waals surface area contributed by atoms with Gasteiger partial charge in [-0.1, -0.05) is 11.8 Å². The molecule has 1 aromatic carbocycles. The van der Waals surface area contributed by atoms with Gasteiger partial charge in [-0.15, -0.1) is 11.3 Å². The highest BCUT2D eigenvalue weighted by Gasteiger charge is 2.22. The lowest BCUT2D eigenvalue weighted by Gasteiger charge is -2.09. The number of methoxy groups -OCH3 is 1.